The molecule has 0 aliphatic carbocycles. The Morgan fingerprint density at radius 1 is 1.09 bits per heavy atom. The van der Waals surface area contributed by atoms with Gasteiger partial charge in [0.1, 0.15) is 0 Å². The highest BCUT2D eigenvalue weighted by atomic mass is 35.5. The van der Waals surface area contributed by atoms with Crippen LogP contribution >= 0.6 is 11.6 Å². The zero-order valence-corrected chi connectivity index (χ0v) is 12.6. The molecule has 0 saturated carbocycles. The molecule has 2 N–H and O–H groups in total. The molecule has 22 heavy (non-hydrogen) atoms. The third kappa shape index (κ3) is 4.60. The molecule has 1 atom stereocenters. The van der Waals surface area contributed by atoms with Gasteiger partial charge in [0.15, 0.2) is 0 Å². The summed E-state index contributed by atoms with van der Waals surface area (Å²) >= 11 is 5.88. The molecule has 0 radical (unpaired) electrons. The van der Waals surface area contributed by atoms with Crippen LogP contribution in [-0.2, 0) is 16.0 Å². The normalized spacial score (nSPS) is 11.7. The Kier molecular flexibility index (Phi) is 5.55. The molecule has 1 unspecified atom stereocenters. The van der Waals surface area contributed by atoms with Crippen molar-refractivity contribution in [3.05, 3.63) is 70.7 Å². The summed E-state index contributed by atoms with van der Waals surface area (Å²) in [5, 5.41) is 12.5. The monoisotopic (exact) mass is 317 g/mol. The van der Waals surface area contributed by atoms with Gasteiger partial charge in [0.25, 0.3) is 0 Å². The zero-order valence-electron chi connectivity index (χ0n) is 11.8. The van der Waals surface area contributed by atoms with Crippen LogP contribution in [0.15, 0.2) is 54.6 Å². The number of carboxylic acids is 1. The fourth-order valence-corrected chi connectivity index (χ4v) is 2.33. The minimum absolute atomic E-state index is 0.0291. The van der Waals surface area contributed by atoms with Crippen LogP contribution in [0.1, 0.15) is 17.0 Å². The quantitative estimate of drug-likeness (QED) is 0.861. The lowest BCUT2D eigenvalue weighted by atomic mass is 9.99. The maximum atomic E-state index is 11.9. The molecule has 2 aromatic carbocycles. The number of carbonyl (C=O) groups is 2. The summed E-state index contributed by atoms with van der Waals surface area (Å²) in [7, 11) is 0. The Hall–Kier alpha value is -2.33. The molecular weight excluding hydrogens is 302 g/mol. The summed E-state index contributed by atoms with van der Waals surface area (Å²) in [6.45, 7) is 0.0291. The molecule has 5 heteroatoms. The summed E-state index contributed by atoms with van der Waals surface area (Å²) in [5.74, 6) is -2.03. The second-order valence-electron chi connectivity index (χ2n) is 4.91. The van der Waals surface area contributed by atoms with E-state index < -0.39 is 11.9 Å². The first-order valence-corrected chi connectivity index (χ1v) is 7.23. The summed E-state index contributed by atoms with van der Waals surface area (Å²) in [6, 6.07) is 16.0. The molecule has 0 saturated heterocycles. The van der Waals surface area contributed by atoms with Gasteiger partial charge in [-0.25, -0.2) is 0 Å². The highest BCUT2D eigenvalue weighted by Gasteiger charge is 2.20. The lowest BCUT2D eigenvalue weighted by molar-refractivity contribution is -0.138. The number of carboxylic acid groups (broad SMARTS) is 1. The number of amides is 1. The number of hydrogen-bond donors (Lipinski definition) is 2. The number of benzene rings is 2. The van der Waals surface area contributed by atoms with Crippen molar-refractivity contribution < 1.29 is 14.7 Å². The summed E-state index contributed by atoms with van der Waals surface area (Å²) in [4.78, 5) is 23.3. The molecule has 0 heterocycles. The van der Waals surface area contributed by atoms with E-state index in [4.69, 9.17) is 11.6 Å². The van der Waals surface area contributed by atoms with E-state index >= 15 is 0 Å². The number of nitrogens with one attached hydrogen (secondary N) is 1. The van der Waals surface area contributed by atoms with Crippen molar-refractivity contribution in [2.45, 2.75) is 12.3 Å². The lowest BCUT2D eigenvalue weighted by Crippen LogP contribution is -2.32. The highest BCUT2D eigenvalue weighted by molar-refractivity contribution is 6.30. The van der Waals surface area contributed by atoms with Gasteiger partial charge in [0.2, 0.25) is 5.91 Å². The molecule has 0 aliphatic heterocycles. The van der Waals surface area contributed by atoms with Gasteiger partial charge in [-0.1, -0.05) is 54.1 Å². The highest BCUT2D eigenvalue weighted by Crippen LogP contribution is 2.19. The van der Waals surface area contributed by atoms with Crippen LogP contribution in [0.3, 0.4) is 0 Å². The fraction of sp³-hybridized carbons (Fsp3) is 0.176. The summed E-state index contributed by atoms with van der Waals surface area (Å²) in [5.41, 5.74) is 1.45. The molecule has 2 rings (SSSR count). The van der Waals surface area contributed by atoms with Gasteiger partial charge in [-0.05, 0) is 23.3 Å². The summed E-state index contributed by atoms with van der Waals surface area (Å²) in [6.07, 6.45) is 0.225. The first-order valence-electron chi connectivity index (χ1n) is 6.85. The Morgan fingerprint density at radius 3 is 2.45 bits per heavy atom. The van der Waals surface area contributed by atoms with Gasteiger partial charge in [-0.15, -0.1) is 0 Å². The van der Waals surface area contributed by atoms with E-state index in [2.05, 4.69) is 5.32 Å². The number of hydrogen-bond acceptors (Lipinski definition) is 2. The topological polar surface area (TPSA) is 66.4 Å². The van der Waals surface area contributed by atoms with Crippen molar-refractivity contribution in [2.75, 3.05) is 6.54 Å². The van der Waals surface area contributed by atoms with E-state index in [1.54, 1.807) is 24.3 Å². The van der Waals surface area contributed by atoms with Crippen molar-refractivity contribution in [3.8, 4) is 0 Å². The van der Waals surface area contributed by atoms with Crippen LogP contribution in [0.25, 0.3) is 0 Å². The predicted octanol–water partition coefficient (Wildman–Crippen LogP) is 2.87. The van der Waals surface area contributed by atoms with E-state index in [-0.39, 0.29) is 18.9 Å². The van der Waals surface area contributed by atoms with Gasteiger partial charge < -0.3 is 10.4 Å². The molecule has 0 aromatic heterocycles. The zero-order chi connectivity index (χ0) is 15.9. The number of aliphatic carboxylic acids is 1. The molecular formula is C17H16ClNO3. The fourth-order valence-electron chi connectivity index (χ4n) is 2.13. The maximum absolute atomic E-state index is 11.9. The Bertz CT molecular complexity index is 658. The molecule has 0 spiro atoms. The largest absolute Gasteiger partial charge is 0.481 e. The molecule has 114 valence electrons. The van der Waals surface area contributed by atoms with Crippen LogP contribution in [0.2, 0.25) is 5.02 Å². The van der Waals surface area contributed by atoms with Crippen LogP contribution < -0.4 is 5.32 Å². The first kappa shape index (κ1) is 16.0. The number of rotatable bonds is 6. The second kappa shape index (κ2) is 7.61. The molecule has 2 aromatic rings. The Morgan fingerprint density at radius 2 is 1.82 bits per heavy atom. The van der Waals surface area contributed by atoms with Crippen LogP contribution in [-0.4, -0.2) is 23.5 Å². The van der Waals surface area contributed by atoms with Gasteiger partial charge in [0, 0.05) is 11.6 Å². The lowest BCUT2D eigenvalue weighted by Gasteiger charge is -2.14. The third-order valence-corrected chi connectivity index (χ3v) is 3.50. The maximum Gasteiger partial charge on any atom is 0.312 e. The Labute approximate surface area is 133 Å². The van der Waals surface area contributed by atoms with E-state index in [1.165, 1.54) is 0 Å². The van der Waals surface area contributed by atoms with Gasteiger partial charge in [-0.2, -0.15) is 0 Å². The minimum Gasteiger partial charge on any atom is -0.481 e. The van der Waals surface area contributed by atoms with Gasteiger partial charge in [0.05, 0.1) is 12.3 Å². The van der Waals surface area contributed by atoms with E-state index in [9.17, 15) is 14.7 Å². The molecule has 4 nitrogen and oxygen atoms in total. The molecule has 0 aliphatic rings. The smallest absolute Gasteiger partial charge is 0.312 e. The average Bonchev–Trinajstić information content (AvgIpc) is 2.48. The predicted molar refractivity (Wildman–Crippen MR) is 85.0 cm³/mol. The molecule has 1 amide bonds. The third-order valence-electron chi connectivity index (χ3n) is 3.26. The van der Waals surface area contributed by atoms with E-state index in [0.717, 1.165) is 5.56 Å². The van der Waals surface area contributed by atoms with Crippen molar-refractivity contribution >= 4 is 23.5 Å². The minimum atomic E-state index is -0.998. The second-order valence-corrected chi connectivity index (χ2v) is 5.35. The van der Waals surface area contributed by atoms with Gasteiger partial charge in [-0.3, -0.25) is 9.59 Å². The van der Waals surface area contributed by atoms with Crippen LogP contribution in [0.4, 0.5) is 0 Å². The van der Waals surface area contributed by atoms with Crippen molar-refractivity contribution in [2.24, 2.45) is 0 Å². The van der Waals surface area contributed by atoms with E-state index in [1.807, 2.05) is 30.3 Å². The Balaban J connectivity index is 1.97. The SMILES string of the molecule is O=C(Cc1ccccc1)NCC(C(=O)O)c1cccc(Cl)c1. The van der Waals surface area contributed by atoms with Crippen LogP contribution in [0, 0.1) is 0 Å². The number of halogens is 1. The van der Waals surface area contributed by atoms with Gasteiger partial charge >= 0.3 is 5.97 Å². The number of carbonyl (C=O) groups excluding carboxylic acids is 1. The van der Waals surface area contributed by atoms with Crippen molar-refractivity contribution in [3.63, 3.8) is 0 Å². The molecule has 0 bridgehead atoms. The van der Waals surface area contributed by atoms with Crippen LogP contribution in [0.5, 0.6) is 0 Å². The first-order chi connectivity index (χ1) is 10.6. The molecule has 0 fully saturated rings. The average molecular weight is 318 g/mol. The van der Waals surface area contributed by atoms with E-state index in [0.29, 0.717) is 10.6 Å². The van der Waals surface area contributed by atoms with Crippen molar-refractivity contribution in [1.29, 1.82) is 0 Å². The van der Waals surface area contributed by atoms with Crippen molar-refractivity contribution in [1.82, 2.24) is 5.32 Å². The summed E-state index contributed by atoms with van der Waals surface area (Å²) < 4.78 is 0. The standard InChI is InChI=1S/C17H16ClNO3/c18-14-8-4-7-13(10-14)15(17(21)22)11-19-16(20)9-12-5-2-1-3-6-12/h1-8,10,15H,9,11H2,(H,19,20)(H,21,22).